The Morgan fingerprint density at radius 3 is 2.30 bits per heavy atom. The summed E-state index contributed by atoms with van der Waals surface area (Å²) in [7, 11) is 0. The molecular formula is C16H18ClNO2. The van der Waals surface area contributed by atoms with Crippen LogP contribution in [0.4, 0.5) is 5.69 Å². The fourth-order valence-corrected chi connectivity index (χ4v) is 3.60. The zero-order valence-electron chi connectivity index (χ0n) is 11.3. The Kier molecular flexibility index (Phi) is 3.79. The van der Waals surface area contributed by atoms with Gasteiger partial charge >= 0.3 is 0 Å². The molecule has 2 bridgehead atoms. The lowest BCUT2D eigenvalue weighted by Gasteiger charge is -2.36. The van der Waals surface area contributed by atoms with Crippen LogP contribution in [0.15, 0.2) is 24.3 Å². The molecule has 106 valence electrons. The highest BCUT2D eigenvalue weighted by Gasteiger charge is 2.41. The van der Waals surface area contributed by atoms with E-state index in [-0.39, 0.29) is 23.7 Å². The number of carbonyl (C=O) groups is 2. The molecule has 0 spiro atoms. The number of hydrogen-bond donors (Lipinski definition) is 1. The third-order valence-electron chi connectivity index (χ3n) is 4.53. The minimum atomic E-state index is -0.0290. The van der Waals surface area contributed by atoms with Crippen LogP contribution in [0.3, 0.4) is 0 Å². The number of carbonyl (C=O) groups excluding carboxylic acids is 2. The second kappa shape index (κ2) is 5.57. The molecule has 3 atom stereocenters. The molecule has 3 nitrogen and oxygen atoms in total. The van der Waals surface area contributed by atoms with Gasteiger partial charge in [-0.3, -0.25) is 9.59 Å². The minimum Gasteiger partial charge on any atom is -0.326 e. The van der Waals surface area contributed by atoms with E-state index in [1.165, 1.54) is 0 Å². The van der Waals surface area contributed by atoms with Crippen molar-refractivity contribution in [2.75, 3.05) is 5.32 Å². The number of amides is 1. The van der Waals surface area contributed by atoms with Crippen molar-refractivity contribution >= 4 is 29.0 Å². The van der Waals surface area contributed by atoms with Gasteiger partial charge in [-0.2, -0.15) is 0 Å². The predicted molar refractivity (Wildman–Crippen MR) is 78.6 cm³/mol. The minimum absolute atomic E-state index is 0.0290. The molecule has 2 aliphatic carbocycles. The third kappa shape index (κ3) is 2.73. The summed E-state index contributed by atoms with van der Waals surface area (Å²) in [6.45, 7) is 0. The highest BCUT2D eigenvalue weighted by atomic mass is 35.5. The summed E-state index contributed by atoms with van der Waals surface area (Å²) < 4.78 is 0. The van der Waals surface area contributed by atoms with E-state index in [1.54, 1.807) is 24.3 Å². The smallest absolute Gasteiger partial charge is 0.227 e. The summed E-state index contributed by atoms with van der Waals surface area (Å²) in [4.78, 5) is 24.4. The van der Waals surface area contributed by atoms with Crippen molar-refractivity contribution < 1.29 is 9.59 Å². The fourth-order valence-electron chi connectivity index (χ4n) is 3.47. The molecule has 1 unspecified atom stereocenters. The highest BCUT2D eigenvalue weighted by Crippen LogP contribution is 2.40. The molecule has 20 heavy (non-hydrogen) atoms. The van der Waals surface area contributed by atoms with E-state index in [0.717, 1.165) is 37.8 Å². The lowest BCUT2D eigenvalue weighted by atomic mass is 9.67. The molecule has 0 aromatic heterocycles. The number of rotatable bonds is 2. The molecule has 1 amide bonds. The molecule has 3 rings (SSSR count). The van der Waals surface area contributed by atoms with E-state index in [4.69, 9.17) is 11.6 Å². The second-order valence-corrected chi connectivity index (χ2v) is 6.33. The maximum Gasteiger partial charge on any atom is 0.227 e. The molecule has 1 N–H and O–H groups in total. The maximum absolute atomic E-state index is 12.3. The monoisotopic (exact) mass is 291 g/mol. The summed E-state index contributed by atoms with van der Waals surface area (Å²) >= 11 is 5.83. The number of benzene rings is 1. The number of nitrogens with one attached hydrogen (secondary N) is 1. The lowest BCUT2D eigenvalue weighted by Crippen LogP contribution is -2.40. The number of hydrogen-bond acceptors (Lipinski definition) is 2. The molecule has 0 aliphatic heterocycles. The van der Waals surface area contributed by atoms with Crippen LogP contribution >= 0.6 is 11.6 Å². The van der Waals surface area contributed by atoms with Gasteiger partial charge < -0.3 is 5.32 Å². The van der Waals surface area contributed by atoms with Crippen molar-refractivity contribution in [1.82, 2.24) is 0 Å². The van der Waals surface area contributed by atoms with Crippen molar-refractivity contribution in [3.63, 3.8) is 0 Å². The highest BCUT2D eigenvalue weighted by molar-refractivity contribution is 6.30. The van der Waals surface area contributed by atoms with Crippen molar-refractivity contribution in [2.45, 2.75) is 32.1 Å². The summed E-state index contributed by atoms with van der Waals surface area (Å²) in [5.74, 6) is 0.633. The standard InChI is InChI=1S/C16H18ClNO2/c17-13-4-6-14(7-5-13)18-16(20)12-8-10-2-1-3-11(9-12)15(10)19/h4-7,10-12H,1-3,8-9H2,(H,18,20)/t10-,11+,12?. The summed E-state index contributed by atoms with van der Waals surface area (Å²) in [6, 6.07) is 7.12. The summed E-state index contributed by atoms with van der Waals surface area (Å²) in [5.41, 5.74) is 0.765. The van der Waals surface area contributed by atoms with E-state index < -0.39 is 0 Å². The Labute approximate surface area is 123 Å². The van der Waals surface area contributed by atoms with Gasteiger partial charge in [0.15, 0.2) is 0 Å². The van der Waals surface area contributed by atoms with E-state index in [0.29, 0.717) is 10.8 Å². The molecular weight excluding hydrogens is 274 g/mol. The molecule has 0 saturated heterocycles. The van der Waals surface area contributed by atoms with E-state index in [9.17, 15) is 9.59 Å². The van der Waals surface area contributed by atoms with Crippen molar-refractivity contribution in [1.29, 1.82) is 0 Å². The Bertz CT molecular complexity index is 510. The van der Waals surface area contributed by atoms with Crippen molar-refractivity contribution in [3.8, 4) is 0 Å². The van der Waals surface area contributed by atoms with Gasteiger partial charge in [0.25, 0.3) is 0 Å². The van der Waals surface area contributed by atoms with Crippen LogP contribution in [0.2, 0.25) is 5.02 Å². The van der Waals surface area contributed by atoms with Crippen molar-refractivity contribution in [3.05, 3.63) is 29.3 Å². The second-order valence-electron chi connectivity index (χ2n) is 5.89. The zero-order valence-corrected chi connectivity index (χ0v) is 12.0. The fraction of sp³-hybridized carbons (Fsp3) is 0.500. The van der Waals surface area contributed by atoms with E-state index in [1.807, 2.05) is 0 Å². The SMILES string of the molecule is O=C(Nc1ccc(Cl)cc1)C1C[C@H]2CCC[C@@H](C1)C2=O. The van der Waals surface area contributed by atoms with E-state index >= 15 is 0 Å². The number of fused-ring (bicyclic) bond motifs is 2. The van der Waals surface area contributed by atoms with Gasteiger partial charge in [-0.15, -0.1) is 0 Å². The van der Waals surface area contributed by atoms with Gasteiger partial charge in [0.2, 0.25) is 5.91 Å². The average molecular weight is 292 g/mol. The number of ketones is 1. The van der Waals surface area contributed by atoms with Gasteiger partial charge in [-0.25, -0.2) is 0 Å². The maximum atomic E-state index is 12.3. The van der Waals surface area contributed by atoms with Crippen LogP contribution in [0.25, 0.3) is 0 Å². The first-order valence-corrected chi connectivity index (χ1v) is 7.61. The molecule has 0 heterocycles. The molecule has 1 aromatic carbocycles. The average Bonchev–Trinajstić information content (AvgIpc) is 2.41. The van der Waals surface area contributed by atoms with Gasteiger partial charge in [0.1, 0.15) is 5.78 Å². The predicted octanol–water partition coefficient (Wildman–Crippen LogP) is 3.67. The third-order valence-corrected chi connectivity index (χ3v) is 4.78. The number of halogens is 1. The molecule has 1 aromatic rings. The molecule has 4 heteroatoms. The largest absolute Gasteiger partial charge is 0.326 e. The Hall–Kier alpha value is -1.35. The topological polar surface area (TPSA) is 46.2 Å². The Morgan fingerprint density at radius 2 is 1.70 bits per heavy atom. The molecule has 2 aliphatic rings. The normalized spacial score (nSPS) is 29.1. The molecule has 2 saturated carbocycles. The first kappa shape index (κ1) is 13.6. The van der Waals surface area contributed by atoms with Crippen LogP contribution in [-0.2, 0) is 9.59 Å². The number of Topliss-reactive ketones (excluding diaryl/α,β-unsaturated/α-hetero) is 1. The van der Waals surface area contributed by atoms with Gasteiger partial charge in [0.05, 0.1) is 0 Å². The first-order chi connectivity index (χ1) is 9.63. The lowest BCUT2D eigenvalue weighted by molar-refractivity contribution is -0.136. The van der Waals surface area contributed by atoms with Gasteiger partial charge in [-0.05, 0) is 49.9 Å². The van der Waals surface area contributed by atoms with Gasteiger partial charge in [-0.1, -0.05) is 18.0 Å². The number of anilines is 1. The van der Waals surface area contributed by atoms with Crippen LogP contribution in [0.5, 0.6) is 0 Å². The summed E-state index contributed by atoms with van der Waals surface area (Å²) in [6.07, 6.45) is 4.48. The Morgan fingerprint density at radius 1 is 1.10 bits per heavy atom. The van der Waals surface area contributed by atoms with Crippen LogP contribution < -0.4 is 5.32 Å². The van der Waals surface area contributed by atoms with Crippen LogP contribution in [-0.4, -0.2) is 11.7 Å². The quantitative estimate of drug-likeness (QED) is 0.903. The van der Waals surface area contributed by atoms with Crippen molar-refractivity contribution in [2.24, 2.45) is 17.8 Å². The zero-order chi connectivity index (χ0) is 14.1. The van der Waals surface area contributed by atoms with Gasteiger partial charge in [0, 0.05) is 28.5 Å². The first-order valence-electron chi connectivity index (χ1n) is 7.23. The molecule has 2 fully saturated rings. The van der Waals surface area contributed by atoms with Crippen LogP contribution in [0.1, 0.15) is 32.1 Å². The van der Waals surface area contributed by atoms with E-state index in [2.05, 4.69) is 5.32 Å². The van der Waals surface area contributed by atoms with Crippen LogP contribution in [0, 0.1) is 17.8 Å². The Balaban J connectivity index is 1.66. The molecule has 0 radical (unpaired) electrons. The summed E-state index contributed by atoms with van der Waals surface area (Å²) in [5, 5.41) is 3.59.